The van der Waals surface area contributed by atoms with Gasteiger partial charge in [0.25, 0.3) is 11.7 Å². The van der Waals surface area contributed by atoms with Gasteiger partial charge in [-0.25, -0.2) is 0 Å². The number of benzene rings is 2. The number of hydrogen-bond donors (Lipinski definition) is 1. The van der Waals surface area contributed by atoms with Crippen LogP contribution in [0.4, 0.5) is 0 Å². The van der Waals surface area contributed by atoms with E-state index < -0.39 is 17.7 Å². The zero-order valence-electron chi connectivity index (χ0n) is 20.4. The van der Waals surface area contributed by atoms with Gasteiger partial charge in [0.2, 0.25) is 0 Å². The van der Waals surface area contributed by atoms with Gasteiger partial charge in [-0.15, -0.1) is 0 Å². The molecule has 0 unspecified atom stereocenters. The first-order valence-corrected chi connectivity index (χ1v) is 11.9. The fourth-order valence-electron chi connectivity index (χ4n) is 4.46. The van der Waals surface area contributed by atoms with Crippen molar-refractivity contribution < 1.29 is 28.9 Å². The Kier molecular flexibility index (Phi) is 7.73. The summed E-state index contributed by atoms with van der Waals surface area (Å²) in [5, 5.41) is 11.3. The molecule has 0 aromatic heterocycles. The Morgan fingerprint density at radius 3 is 2.43 bits per heavy atom. The molecule has 1 N–H and O–H groups in total. The van der Waals surface area contributed by atoms with Gasteiger partial charge in [0.1, 0.15) is 17.3 Å². The highest BCUT2D eigenvalue weighted by Crippen LogP contribution is 2.40. The van der Waals surface area contributed by atoms with Crippen LogP contribution >= 0.6 is 0 Å². The molecule has 2 fully saturated rings. The molecule has 2 aliphatic heterocycles. The number of aliphatic hydroxyl groups is 1. The molecule has 2 saturated heterocycles. The smallest absolute Gasteiger partial charge is 0.295 e. The molecule has 35 heavy (non-hydrogen) atoms. The quantitative estimate of drug-likeness (QED) is 0.353. The summed E-state index contributed by atoms with van der Waals surface area (Å²) in [6.45, 7) is 7.67. The zero-order chi connectivity index (χ0) is 24.9. The van der Waals surface area contributed by atoms with Gasteiger partial charge in [0.15, 0.2) is 0 Å². The van der Waals surface area contributed by atoms with E-state index in [2.05, 4.69) is 4.90 Å². The summed E-state index contributed by atoms with van der Waals surface area (Å²) < 4.78 is 16.5. The highest BCUT2D eigenvalue weighted by Gasteiger charge is 2.46. The molecule has 2 heterocycles. The van der Waals surface area contributed by atoms with Gasteiger partial charge < -0.3 is 24.2 Å². The molecular formula is C27H32N2O6. The summed E-state index contributed by atoms with van der Waals surface area (Å²) in [7, 11) is 1.56. The van der Waals surface area contributed by atoms with Crippen molar-refractivity contribution in [3.05, 3.63) is 65.2 Å². The second-order valence-corrected chi connectivity index (χ2v) is 8.91. The molecule has 8 nitrogen and oxygen atoms in total. The van der Waals surface area contributed by atoms with Crippen molar-refractivity contribution in [3.8, 4) is 11.5 Å². The molecule has 1 atom stereocenters. The van der Waals surface area contributed by atoms with Crippen molar-refractivity contribution in [2.45, 2.75) is 26.0 Å². The third kappa shape index (κ3) is 5.49. The Hall–Kier alpha value is -3.36. The molecule has 186 valence electrons. The minimum absolute atomic E-state index is 0.0132. The molecule has 2 aromatic carbocycles. The molecular weight excluding hydrogens is 448 g/mol. The molecule has 2 aliphatic rings. The number of carbonyl (C=O) groups excluding carboxylic acids is 2. The minimum Gasteiger partial charge on any atom is -0.507 e. The van der Waals surface area contributed by atoms with Crippen LogP contribution in [-0.2, 0) is 14.3 Å². The normalized spacial score (nSPS) is 20.5. The van der Waals surface area contributed by atoms with Crippen LogP contribution in [0.3, 0.4) is 0 Å². The predicted molar refractivity (Wildman–Crippen MR) is 131 cm³/mol. The van der Waals surface area contributed by atoms with E-state index in [9.17, 15) is 14.7 Å². The van der Waals surface area contributed by atoms with Gasteiger partial charge in [0, 0.05) is 31.7 Å². The van der Waals surface area contributed by atoms with E-state index in [0.29, 0.717) is 48.9 Å². The van der Waals surface area contributed by atoms with E-state index in [1.165, 1.54) is 0 Å². The summed E-state index contributed by atoms with van der Waals surface area (Å²) in [4.78, 5) is 30.2. The van der Waals surface area contributed by atoms with E-state index in [0.717, 1.165) is 13.1 Å². The van der Waals surface area contributed by atoms with Gasteiger partial charge in [-0.3, -0.25) is 14.5 Å². The number of ether oxygens (including phenoxy) is 3. The molecule has 0 saturated carbocycles. The lowest BCUT2D eigenvalue weighted by Gasteiger charge is -2.31. The summed E-state index contributed by atoms with van der Waals surface area (Å²) in [5.41, 5.74) is 1.22. The maximum atomic E-state index is 13.2. The average Bonchev–Trinajstić information content (AvgIpc) is 3.12. The van der Waals surface area contributed by atoms with Crippen LogP contribution in [0, 0.1) is 0 Å². The number of ketones is 1. The Labute approximate surface area is 205 Å². The number of rotatable bonds is 8. The van der Waals surface area contributed by atoms with E-state index >= 15 is 0 Å². The van der Waals surface area contributed by atoms with Crippen LogP contribution in [-0.4, -0.2) is 79.2 Å². The lowest BCUT2D eigenvalue weighted by atomic mass is 9.95. The fraction of sp³-hybridized carbons (Fsp3) is 0.407. The number of methoxy groups -OCH3 is 1. The lowest BCUT2D eigenvalue weighted by Crippen LogP contribution is -2.42. The lowest BCUT2D eigenvalue weighted by molar-refractivity contribution is -0.140. The number of hydrogen-bond acceptors (Lipinski definition) is 7. The van der Waals surface area contributed by atoms with Gasteiger partial charge in [-0.1, -0.05) is 12.1 Å². The highest BCUT2D eigenvalue weighted by atomic mass is 16.5. The van der Waals surface area contributed by atoms with Crippen LogP contribution in [0.5, 0.6) is 11.5 Å². The zero-order valence-corrected chi connectivity index (χ0v) is 20.4. The van der Waals surface area contributed by atoms with Crippen molar-refractivity contribution in [3.63, 3.8) is 0 Å². The molecule has 0 radical (unpaired) electrons. The molecule has 4 rings (SSSR count). The number of amides is 1. The van der Waals surface area contributed by atoms with E-state index in [4.69, 9.17) is 14.2 Å². The number of nitrogens with zero attached hydrogens (tertiary/aromatic N) is 2. The molecule has 0 aliphatic carbocycles. The standard InChI is InChI=1S/C27H32N2O6/c1-18(2)35-21-9-7-19(8-10-21)25(30)23-24(20-5-4-6-22(17-20)33-3)29(27(32)26(23)31)12-11-28-13-15-34-16-14-28/h4-10,17-18,24,30H,11-16H2,1-3H3/b25-23+/t24-/m0/s1. The third-order valence-electron chi connectivity index (χ3n) is 6.21. The number of likely N-dealkylation sites (tertiary alicyclic amines) is 1. The van der Waals surface area contributed by atoms with Crippen LogP contribution in [0.25, 0.3) is 5.76 Å². The topological polar surface area (TPSA) is 88.5 Å². The van der Waals surface area contributed by atoms with Crippen LogP contribution in [0.1, 0.15) is 31.0 Å². The number of morpholine rings is 1. The Morgan fingerprint density at radius 2 is 1.77 bits per heavy atom. The number of Topliss-reactive ketones (excluding diaryl/α,β-unsaturated/α-hetero) is 1. The van der Waals surface area contributed by atoms with Crippen LogP contribution < -0.4 is 9.47 Å². The van der Waals surface area contributed by atoms with Crippen molar-refractivity contribution in [2.24, 2.45) is 0 Å². The molecule has 0 spiro atoms. The second kappa shape index (κ2) is 10.9. The molecule has 0 bridgehead atoms. The summed E-state index contributed by atoms with van der Waals surface area (Å²) in [5.74, 6) is -0.253. The molecule has 8 heteroatoms. The van der Waals surface area contributed by atoms with Crippen molar-refractivity contribution >= 4 is 17.4 Å². The maximum absolute atomic E-state index is 13.2. The first-order chi connectivity index (χ1) is 16.9. The molecule has 2 aromatic rings. The average molecular weight is 481 g/mol. The Bertz CT molecular complexity index is 1090. The SMILES string of the molecule is COc1cccc([C@H]2/C(=C(\O)c3ccc(OC(C)C)cc3)C(=O)C(=O)N2CCN2CCOCC2)c1. The summed E-state index contributed by atoms with van der Waals surface area (Å²) in [6, 6.07) is 13.4. The fourth-order valence-corrected chi connectivity index (χ4v) is 4.46. The highest BCUT2D eigenvalue weighted by molar-refractivity contribution is 6.46. The second-order valence-electron chi connectivity index (χ2n) is 8.91. The maximum Gasteiger partial charge on any atom is 0.295 e. The van der Waals surface area contributed by atoms with Crippen LogP contribution in [0.2, 0.25) is 0 Å². The minimum atomic E-state index is -0.724. The van der Waals surface area contributed by atoms with Crippen molar-refractivity contribution in [1.82, 2.24) is 9.80 Å². The van der Waals surface area contributed by atoms with Gasteiger partial charge in [-0.2, -0.15) is 0 Å². The predicted octanol–water partition coefficient (Wildman–Crippen LogP) is 3.24. The van der Waals surface area contributed by atoms with Crippen LogP contribution in [0.15, 0.2) is 54.1 Å². The molecule has 1 amide bonds. The Morgan fingerprint density at radius 1 is 1.06 bits per heavy atom. The summed E-state index contributed by atoms with van der Waals surface area (Å²) in [6.07, 6.45) is 0.0132. The van der Waals surface area contributed by atoms with E-state index in [-0.39, 0.29) is 17.4 Å². The third-order valence-corrected chi connectivity index (χ3v) is 6.21. The summed E-state index contributed by atoms with van der Waals surface area (Å²) >= 11 is 0. The first kappa shape index (κ1) is 24.8. The number of aliphatic hydroxyl groups excluding tert-OH is 1. The van der Waals surface area contributed by atoms with E-state index in [1.807, 2.05) is 26.0 Å². The van der Waals surface area contributed by atoms with E-state index in [1.54, 1.807) is 48.4 Å². The van der Waals surface area contributed by atoms with Gasteiger partial charge in [-0.05, 0) is 55.8 Å². The first-order valence-electron chi connectivity index (χ1n) is 11.9. The monoisotopic (exact) mass is 480 g/mol. The largest absolute Gasteiger partial charge is 0.507 e. The Balaban J connectivity index is 1.71. The van der Waals surface area contributed by atoms with Gasteiger partial charge in [0.05, 0.1) is 38.0 Å². The van der Waals surface area contributed by atoms with Crippen molar-refractivity contribution in [1.29, 1.82) is 0 Å². The van der Waals surface area contributed by atoms with Gasteiger partial charge >= 0.3 is 0 Å². The van der Waals surface area contributed by atoms with Crippen molar-refractivity contribution in [2.75, 3.05) is 46.5 Å². The number of carbonyl (C=O) groups is 2.